The zero-order valence-electron chi connectivity index (χ0n) is 16.2. The van der Waals surface area contributed by atoms with Gasteiger partial charge in [0, 0.05) is 9.50 Å². The summed E-state index contributed by atoms with van der Waals surface area (Å²) in [5.74, 6) is 0.114. The van der Waals surface area contributed by atoms with Crippen LogP contribution in [0.2, 0.25) is 10.0 Å². The topological polar surface area (TPSA) is 56.2 Å². The zero-order valence-corrected chi connectivity index (χ0v) is 19.3. The Hall–Kier alpha value is -2.02. The van der Waals surface area contributed by atoms with E-state index in [-0.39, 0.29) is 5.91 Å². The Balaban J connectivity index is 1.71. The standard InChI is InChI=1S/C21H20BrCl2N3O2/c1-12-20(13(2)27(26-12)11-15-4-6-16(22)7-5-15)25-21(28)14(3)29-19-9-8-17(23)10-18(19)24/h4-10,14H,11H2,1-3H3,(H,25,28)/t14-/m0/s1. The van der Waals surface area contributed by atoms with Crippen LogP contribution in [0.15, 0.2) is 46.9 Å². The second-order valence-electron chi connectivity index (χ2n) is 6.65. The molecule has 1 N–H and O–H groups in total. The largest absolute Gasteiger partial charge is 0.479 e. The number of aryl methyl sites for hydroxylation is 1. The third kappa shape index (κ3) is 5.32. The lowest BCUT2D eigenvalue weighted by Gasteiger charge is -2.16. The molecule has 0 unspecified atom stereocenters. The lowest BCUT2D eigenvalue weighted by molar-refractivity contribution is -0.122. The summed E-state index contributed by atoms with van der Waals surface area (Å²) in [5, 5.41) is 8.34. The SMILES string of the molecule is Cc1nn(Cc2ccc(Br)cc2)c(C)c1NC(=O)[C@H](C)Oc1ccc(Cl)cc1Cl. The minimum atomic E-state index is -0.748. The Labute approximate surface area is 188 Å². The fourth-order valence-corrected chi connectivity index (χ4v) is 3.55. The van der Waals surface area contributed by atoms with Gasteiger partial charge >= 0.3 is 0 Å². The van der Waals surface area contributed by atoms with Crippen molar-refractivity contribution in [2.45, 2.75) is 33.4 Å². The summed E-state index contributed by atoms with van der Waals surface area (Å²) >= 11 is 15.5. The molecule has 5 nitrogen and oxygen atoms in total. The molecule has 0 saturated heterocycles. The lowest BCUT2D eigenvalue weighted by Crippen LogP contribution is -2.30. The first kappa shape index (κ1) is 21.7. The third-order valence-corrected chi connectivity index (χ3v) is 5.50. The maximum Gasteiger partial charge on any atom is 0.265 e. The predicted molar refractivity (Wildman–Crippen MR) is 120 cm³/mol. The quantitative estimate of drug-likeness (QED) is 0.453. The van der Waals surface area contributed by atoms with Gasteiger partial charge in [-0.3, -0.25) is 9.48 Å². The van der Waals surface area contributed by atoms with Crippen LogP contribution in [0, 0.1) is 13.8 Å². The van der Waals surface area contributed by atoms with Gasteiger partial charge in [-0.15, -0.1) is 0 Å². The van der Waals surface area contributed by atoms with E-state index in [1.807, 2.05) is 42.8 Å². The highest BCUT2D eigenvalue weighted by Crippen LogP contribution is 2.29. The van der Waals surface area contributed by atoms with E-state index in [2.05, 4.69) is 26.3 Å². The Morgan fingerprint density at radius 2 is 1.90 bits per heavy atom. The third-order valence-electron chi connectivity index (χ3n) is 4.44. The number of anilines is 1. The number of carbonyl (C=O) groups excluding carboxylic acids is 1. The molecule has 8 heteroatoms. The first-order valence-electron chi connectivity index (χ1n) is 8.95. The molecular formula is C21H20BrCl2N3O2. The van der Waals surface area contributed by atoms with Crippen molar-refractivity contribution in [2.24, 2.45) is 0 Å². The van der Waals surface area contributed by atoms with Crippen LogP contribution in [0.3, 0.4) is 0 Å². The van der Waals surface area contributed by atoms with E-state index in [1.54, 1.807) is 25.1 Å². The molecule has 0 aliphatic rings. The van der Waals surface area contributed by atoms with E-state index in [0.29, 0.717) is 28.0 Å². The van der Waals surface area contributed by atoms with Gasteiger partial charge in [0.25, 0.3) is 5.91 Å². The number of ether oxygens (including phenoxy) is 1. The number of nitrogens with one attached hydrogen (secondary N) is 1. The number of carbonyl (C=O) groups is 1. The van der Waals surface area contributed by atoms with Gasteiger partial charge in [-0.2, -0.15) is 5.10 Å². The number of benzene rings is 2. The molecule has 3 aromatic rings. The van der Waals surface area contributed by atoms with Crippen molar-refractivity contribution >= 4 is 50.7 Å². The van der Waals surface area contributed by atoms with Crippen LogP contribution in [0.25, 0.3) is 0 Å². The molecule has 2 aromatic carbocycles. The minimum absolute atomic E-state index is 0.287. The average Bonchev–Trinajstić information content (AvgIpc) is 2.93. The molecular weight excluding hydrogens is 477 g/mol. The van der Waals surface area contributed by atoms with Gasteiger partial charge in [0.2, 0.25) is 0 Å². The van der Waals surface area contributed by atoms with Gasteiger partial charge < -0.3 is 10.1 Å². The van der Waals surface area contributed by atoms with E-state index in [4.69, 9.17) is 27.9 Å². The van der Waals surface area contributed by atoms with Crippen molar-refractivity contribution in [1.82, 2.24) is 9.78 Å². The van der Waals surface area contributed by atoms with Crippen LogP contribution >= 0.6 is 39.1 Å². The van der Waals surface area contributed by atoms with Gasteiger partial charge in [0.1, 0.15) is 5.75 Å². The normalized spacial score (nSPS) is 11.9. The van der Waals surface area contributed by atoms with Gasteiger partial charge in [-0.1, -0.05) is 51.3 Å². The van der Waals surface area contributed by atoms with Crippen molar-refractivity contribution in [3.05, 3.63) is 73.9 Å². The van der Waals surface area contributed by atoms with Crippen molar-refractivity contribution < 1.29 is 9.53 Å². The molecule has 29 heavy (non-hydrogen) atoms. The van der Waals surface area contributed by atoms with Crippen LogP contribution < -0.4 is 10.1 Å². The maximum atomic E-state index is 12.7. The first-order valence-corrected chi connectivity index (χ1v) is 10.5. The number of rotatable bonds is 6. The molecule has 1 aromatic heterocycles. The smallest absolute Gasteiger partial charge is 0.265 e. The van der Waals surface area contributed by atoms with Crippen molar-refractivity contribution in [1.29, 1.82) is 0 Å². The summed E-state index contributed by atoms with van der Waals surface area (Å²) in [6.07, 6.45) is -0.748. The van der Waals surface area contributed by atoms with E-state index in [1.165, 1.54) is 0 Å². The van der Waals surface area contributed by atoms with E-state index < -0.39 is 6.10 Å². The molecule has 1 atom stereocenters. The van der Waals surface area contributed by atoms with E-state index in [0.717, 1.165) is 21.4 Å². The van der Waals surface area contributed by atoms with Crippen molar-refractivity contribution in [3.63, 3.8) is 0 Å². The summed E-state index contributed by atoms with van der Waals surface area (Å²) < 4.78 is 8.59. The Morgan fingerprint density at radius 3 is 2.55 bits per heavy atom. The molecule has 1 heterocycles. The van der Waals surface area contributed by atoms with Gasteiger partial charge in [-0.05, 0) is 56.7 Å². The minimum Gasteiger partial charge on any atom is -0.479 e. The van der Waals surface area contributed by atoms with Gasteiger partial charge in [-0.25, -0.2) is 0 Å². The molecule has 3 rings (SSSR count). The summed E-state index contributed by atoms with van der Waals surface area (Å²) in [4.78, 5) is 12.7. The van der Waals surface area contributed by atoms with Crippen LogP contribution in [-0.2, 0) is 11.3 Å². The van der Waals surface area contributed by atoms with Gasteiger partial charge in [0.15, 0.2) is 6.10 Å². The molecule has 0 saturated carbocycles. The highest BCUT2D eigenvalue weighted by Gasteiger charge is 2.20. The molecule has 0 radical (unpaired) electrons. The van der Waals surface area contributed by atoms with Crippen LogP contribution in [0.1, 0.15) is 23.9 Å². The maximum absolute atomic E-state index is 12.7. The Morgan fingerprint density at radius 1 is 1.21 bits per heavy atom. The van der Waals surface area contributed by atoms with E-state index >= 15 is 0 Å². The molecule has 0 fully saturated rings. The van der Waals surface area contributed by atoms with E-state index in [9.17, 15) is 4.79 Å². The number of aromatic nitrogens is 2. The Bertz CT molecular complexity index is 1040. The number of halogens is 3. The van der Waals surface area contributed by atoms with Gasteiger partial charge in [0.05, 0.1) is 28.6 Å². The average molecular weight is 497 g/mol. The second-order valence-corrected chi connectivity index (χ2v) is 8.41. The molecule has 0 aliphatic carbocycles. The molecule has 152 valence electrons. The highest BCUT2D eigenvalue weighted by molar-refractivity contribution is 9.10. The number of hydrogen-bond acceptors (Lipinski definition) is 3. The molecule has 0 aliphatic heterocycles. The van der Waals surface area contributed by atoms with Crippen molar-refractivity contribution in [2.75, 3.05) is 5.32 Å². The predicted octanol–water partition coefficient (Wildman–Crippen LogP) is 6.02. The number of amides is 1. The first-order chi connectivity index (χ1) is 13.7. The zero-order chi connectivity index (χ0) is 21.1. The monoisotopic (exact) mass is 495 g/mol. The Kier molecular flexibility index (Phi) is 6.88. The molecule has 1 amide bonds. The lowest BCUT2D eigenvalue weighted by atomic mass is 10.2. The number of nitrogens with zero attached hydrogens (tertiary/aromatic N) is 2. The van der Waals surface area contributed by atoms with Crippen LogP contribution in [-0.4, -0.2) is 21.8 Å². The van der Waals surface area contributed by atoms with Crippen molar-refractivity contribution in [3.8, 4) is 5.75 Å². The summed E-state index contributed by atoms with van der Waals surface area (Å²) in [6.45, 7) is 6.07. The summed E-state index contributed by atoms with van der Waals surface area (Å²) in [7, 11) is 0. The fraction of sp³-hybridized carbons (Fsp3) is 0.238. The molecule has 0 bridgehead atoms. The molecule has 0 spiro atoms. The van der Waals surface area contributed by atoms with Crippen LogP contribution in [0.5, 0.6) is 5.75 Å². The summed E-state index contributed by atoms with van der Waals surface area (Å²) in [6, 6.07) is 12.9. The number of hydrogen-bond donors (Lipinski definition) is 1. The summed E-state index contributed by atoms with van der Waals surface area (Å²) in [5.41, 5.74) is 3.41. The van der Waals surface area contributed by atoms with Crippen LogP contribution in [0.4, 0.5) is 5.69 Å². The second kappa shape index (κ2) is 9.20. The fourth-order valence-electron chi connectivity index (χ4n) is 2.83. The highest BCUT2D eigenvalue weighted by atomic mass is 79.9.